The highest BCUT2D eigenvalue weighted by atomic mass is 16.3. The summed E-state index contributed by atoms with van der Waals surface area (Å²) in [6, 6.07) is 9.76. The van der Waals surface area contributed by atoms with Gasteiger partial charge in [-0.3, -0.25) is 4.79 Å². The van der Waals surface area contributed by atoms with E-state index in [4.69, 9.17) is 0 Å². The van der Waals surface area contributed by atoms with Crippen LogP contribution in [0.2, 0.25) is 0 Å². The van der Waals surface area contributed by atoms with Crippen molar-refractivity contribution in [1.29, 1.82) is 0 Å². The van der Waals surface area contributed by atoms with Gasteiger partial charge in [-0.25, -0.2) is 0 Å². The average molecular weight is 353 g/mol. The maximum atomic E-state index is 12.3. The molecule has 0 bridgehead atoms. The smallest absolute Gasteiger partial charge is 0.245 e. The Labute approximate surface area is 154 Å². The van der Waals surface area contributed by atoms with Crippen LogP contribution in [0.25, 0.3) is 16.8 Å². The van der Waals surface area contributed by atoms with Crippen LogP contribution in [-0.4, -0.2) is 32.9 Å². The van der Waals surface area contributed by atoms with E-state index >= 15 is 0 Å². The molecule has 1 heterocycles. The molecule has 2 atom stereocenters. The summed E-state index contributed by atoms with van der Waals surface area (Å²) in [6.45, 7) is 5.16. The molecule has 0 amide bonds. The zero-order chi connectivity index (χ0) is 18.7. The number of allylic oxidation sites excluding steroid dienone is 2. The Morgan fingerprint density at radius 2 is 1.96 bits per heavy atom. The van der Waals surface area contributed by atoms with E-state index in [1.54, 1.807) is 6.92 Å². The number of aliphatic hydroxyl groups excluding tert-OH is 1. The summed E-state index contributed by atoms with van der Waals surface area (Å²) < 4.78 is 1.44. The molecule has 0 saturated carbocycles. The lowest BCUT2D eigenvalue weighted by Crippen LogP contribution is -2.30. The van der Waals surface area contributed by atoms with Crippen LogP contribution < -0.4 is 5.32 Å². The number of carbonyl (C=O) groups excluding carboxylic acids is 1. The first-order chi connectivity index (χ1) is 12.5. The van der Waals surface area contributed by atoms with Crippen molar-refractivity contribution >= 4 is 17.3 Å². The Kier molecular flexibility index (Phi) is 5.57. The van der Waals surface area contributed by atoms with E-state index in [1.165, 1.54) is 23.6 Å². The second kappa shape index (κ2) is 7.87. The number of rotatable bonds is 5. The first-order valence-corrected chi connectivity index (χ1v) is 9.32. The van der Waals surface area contributed by atoms with Crippen molar-refractivity contribution in [3.05, 3.63) is 42.0 Å². The summed E-state index contributed by atoms with van der Waals surface area (Å²) in [4.78, 5) is 12.3. The standard InChI is InChI=1S/C21H27N3O2/c1-14(15(2)25)22-21-19(17-10-6-4-7-11-17)20(23-24(21)16(3)26)18-12-8-5-9-13-18/h5,8-10,12-15,22,25H,4,6-7,11H2,1-3H3/t14-,15?/m0/s1. The fourth-order valence-corrected chi connectivity index (χ4v) is 3.28. The zero-order valence-corrected chi connectivity index (χ0v) is 15.7. The normalized spacial score (nSPS) is 16.7. The lowest BCUT2D eigenvalue weighted by molar-refractivity contribution is 0.0923. The number of carbonyl (C=O) groups is 1. The van der Waals surface area contributed by atoms with E-state index in [0.29, 0.717) is 5.82 Å². The van der Waals surface area contributed by atoms with Crippen LogP contribution in [0.4, 0.5) is 5.82 Å². The van der Waals surface area contributed by atoms with Crippen LogP contribution in [0.5, 0.6) is 0 Å². The second-order valence-electron chi connectivity index (χ2n) is 7.02. The highest BCUT2D eigenvalue weighted by molar-refractivity contribution is 5.91. The van der Waals surface area contributed by atoms with Gasteiger partial charge in [0.05, 0.1) is 12.1 Å². The van der Waals surface area contributed by atoms with Gasteiger partial charge in [-0.15, -0.1) is 0 Å². The molecule has 0 spiro atoms. The lowest BCUT2D eigenvalue weighted by Gasteiger charge is -2.21. The maximum Gasteiger partial charge on any atom is 0.245 e. The maximum absolute atomic E-state index is 12.3. The summed E-state index contributed by atoms with van der Waals surface area (Å²) in [5.74, 6) is 0.531. The van der Waals surface area contributed by atoms with Crippen molar-refractivity contribution in [3.63, 3.8) is 0 Å². The fraction of sp³-hybridized carbons (Fsp3) is 0.429. The Morgan fingerprint density at radius 1 is 1.23 bits per heavy atom. The van der Waals surface area contributed by atoms with E-state index in [2.05, 4.69) is 16.5 Å². The van der Waals surface area contributed by atoms with Crippen LogP contribution in [0.15, 0.2) is 36.4 Å². The third-order valence-corrected chi connectivity index (χ3v) is 4.93. The minimum Gasteiger partial charge on any atom is -0.391 e. The Morgan fingerprint density at radius 3 is 2.54 bits per heavy atom. The Balaban J connectivity index is 2.21. The van der Waals surface area contributed by atoms with Crippen LogP contribution >= 0.6 is 0 Å². The molecule has 5 nitrogen and oxygen atoms in total. The second-order valence-corrected chi connectivity index (χ2v) is 7.02. The number of benzene rings is 1. The summed E-state index contributed by atoms with van der Waals surface area (Å²) >= 11 is 0. The molecule has 2 N–H and O–H groups in total. The first-order valence-electron chi connectivity index (χ1n) is 9.32. The quantitative estimate of drug-likeness (QED) is 0.839. The van der Waals surface area contributed by atoms with Gasteiger partial charge in [-0.1, -0.05) is 36.4 Å². The summed E-state index contributed by atoms with van der Waals surface area (Å²) in [6.07, 6.45) is 6.06. The number of nitrogens with one attached hydrogen (secondary N) is 1. The molecule has 0 radical (unpaired) electrons. The van der Waals surface area contributed by atoms with Gasteiger partial charge in [0, 0.05) is 18.1 Å². The summed E-state index contributed by atoms with van der Waals surface area (Å²) in [5, 5.41) is 17.9. The molecule has 3 rings (SSSR count). The van der Waals surface area contributed by atoms with E-state index in [9.17, 15) is 9.90 Å². The van der Waals surface area contributed by atoms with Gasteiger partial charge in [0.25, 0.3) is 0 Å². The van der Waals surface area contributed by atoms with Crippen LogP contribution in [0.3, 0.4) is 0 Å². The van der Waals surface area contributed by atoms with Crippen LogP contribution in [-0.2, 0) is 0 Å². The highest BCUT2D eigenvalue weighted by Gasteiger charge is 2.26. The molecular formula is C21H27N3O2. The molecule has 0 fully saturated rings. The molecule has 1 aliphatic carbocycles. The Hall–Kier alpha value is -2.40. The SMILES string of the molecule is CC(=O)n1nc(-c2ccccc2)c(C2=CCCCC2)c1N[C@@H](C)C(C)O. The first kappa shape index (κ1) is 18.4. The Bertz CT molecular complexity index is 806. The van der Waals surface area contributed by atoms with Gasteiger partial charge in [0.1, 0.15) is 11.5 Å². The monoisotopic (exact) mass is 353 g/mol. The summed E-state index contributed by atoms with van der Waals surface area (Å²) in [5.41, 5.74) is 4.01. The molecule has 0 aliphatic heterocycles. The molecule has 5 heteroatoms. The molecule has 1 unspecified atom stereocenters. The van der Waals surface area contributed by atoms with E-state index in [0.717, 1.165) is 36.1 Å². The van der Waals surface area contributed by atoms with E-state index in [1.807, 2.05) is 37.3 Å². The number of hydrogen-bond acceptors (Lipinski definition) is 4. The number of anilines is 1. The lowest BCUT2D eigenvalue weighted by atomic mass is 9.91. The van der Waals surface area contributed by atoms with Crippen molar-refractivity contribution in [2.75, 3.05) is 5.32 Å². The molecule has 138 valence electrons. The zero-order valence-electron chi connectivity index (χ0n) is 15.7. The number of aliphatic hydroxyl groups is 1. The number of nitrogens with zero attached hydrogens (tertiary/aromatic N) is 2. The van der Waals surface area contributed by atoms with Crippen molar-refractivity contribution in [2.24, 2.45) is 0 Å². The molecule has 1 aromatic heterocycles. The molecule has 0 saturated heterocycles. The van der Waals surface area contributed by atoms with Gasteiger partial charge < -0.3 is 10.4 Å². The van der Waals surface area contributed by atoms with E-state index < -0.39 is 6.10 Å². The van der Waals surface area contributed by atoms with Gasteiger partial charge in [-0.05, 0) is 45.1 Å². The average Bonchev–Trinajstić information content (AvgIpc) is 3.02. The predicted octanol–water partition coefficient (Wildman–Crippen LogP) is 4.35. The van der Waals surface area contributed by atoms with Crippen molar-refractivity contribution in [1.82, 2.24) is 9.78 Å². The van der Waals surface area contributed by atoms with Crippen molar-refractivity contribution in [3.8, 4) is 11.3 Å². The van der Waals surface area contributed by atoms with Gasteiger partial charge in [-0.2, -0.15) is 9.78 Å². The highest BCUT2D eigenvalue weighted by Crippen LogP contribution is 2.39. The molecule has 1 aliphatic rings. The molecule has 26 heavy (non-hydrogen) atoms. The minimum atomic E-state index is -0.543. The van der Waals surface area contributed by atoms with Crippen LogP contribution in [0.1, 0.15) is 56.8 Å². The fourth-order valence-electron chi connectivity index (χ4n) is 3.28. The number of aromatic nitrogens is 2. The minimum absolute atomic E-state index is 0.148. The molecular weight excluding hydrogens is 326 g/mol. The van der Waals surface area contributed by atoms with Crippen LogP contribution in [0, 0.1) is 0 Å². The predicted molar refractivity (Wildman–Crippen MR) is 105 cm³/mol. The largest absolute Gasteiger partial charge is 0.391 e. The van der Waals surface area contributed by atoms with Crippen molar-refractivity contribution < 1.29 is 9.90 Å². The van der Waals surface area contributed by atoms with Gasteiger partial charge in [0.2, 0.25) is 5.91 Å². The van der Waals surface area contributed by atoms with Crippen molar-refractivity contribution in [2.45, 2.75) is 58.6 Å². The topological polar surface area (TPSA) is 67.2 Å². The molecule has 2 aromatic rings. The number of hydrogen-bond donors (Lipinski definition) is 2. The van der Waals surface area contributed by atoms with Gasteiger partial charge in [0.15, 0.2) is 0 Å². The van der Waals surface area contributed by atoms with Gasteiger partial charge >= 0.3 is 0 Å². The summed E-state index contributed by atoms with van der Waals surface area (Å²) in [7, 11) is 0. The third kappa shape index (κ3) is 3.73. The molecule has 1 aromatic carbocycles. The third-order valence-electron chi connectivity index (χ3n) is 4.93. The van der Waals surface area contributed by atoms with E-state index in [-0.39, 0.29) is 11.9 Å².